The van der Waals surface area contributed by atoms with Crippen LogP contribution in [0.3, 0.4) is 0 Å². The summed E-state index contributed by atoms with van der Waals surface area (Å²) in [6.07, 6.45) is 5.48. The van der Waals surface area contributed by atoms with E-state index in [9.17, 15) is 0 Å². The summed E-state index contributed by atoms with van der Waals surface area (Å²) in [5.41, 5.74) is 15.8. The van der Waals surface area contributed by atoms with E-state index in [1.165, 1.54) is 16.7 Å². The summed E-state index contributed by atoms with van der Waals surface area (Å²) < 4.78 is 0. The van der Waals surface area contributed by atoms with E-state index in [-0.39, 0.29) is 0 Å². The lowest BCUT2D eigenvalue weighted by molar-refractivity contribution is 1.01. The van der Waals surface area contributed by atoms with E-state index in [4.69, 9.17) is 19.9 Å². The summed E-state index contributed by atoms with van der Waals surface area (Å²) in [4.78, 5) is 24.5. The number of hydrogen-bond acceptors (Lipinski definition) is 5. The molecule has 242 valence electrons. The molecule has 0 bridgehead atoms. The maximum Gasteiger partial charge on any atom is 0.160 e. The highest BCUT2D eigenvalue weighted by Crippen LogP contribution is 2.37. The molecule has 0 N–H and O–H groups in total. The van der Waals surface area contributed by atoms with Crippen molar-refractivity contribution in [1.29, 1.82) is 0 Å². The Bertz CT molecular complexity index is 2490. The molecule has 4 heterocycles. The van der Waals surface area contributed by atoms with Crippen molar-refractivity contribution >= 4 is 22.3 Å². The topological polar surface area (TPSA) is 63.9 Å². The van der Waals surface area contributed by atoms with Gasteiger partial charge in [0.05, 0.1) is 28.3 Å². The van der Waals surface area contributed by atoms with Crippen LogP contribution in [0.2, 0.25) is 0 Å². The van der Waals surface area contributed by atoms with Crippen LogP contribution in [-0.2, 0) is 6.42 Å². The van der Waals surface area contributed by atoms with Crippen molar-refractivity contribution in [2.75, 3.05) is 0 Å². The van der Waals surface area contributed by atoms with Gasteiger partial charge in [0.25, 0.3) is 0 Å². The van der Waals surface area contributed by atoms with Gasteiger partial charge in [-0.05, 0) is 71.8 Å². The van der Waals surface area contributed by atoms with Crippen molar-refractivity contribution in [2.45, 2.75) is 19.8 Å². The Labute approximate surface area is 297 Å². The van der Waals surface area contributed by atoms with Crippen molar-refractivity contribution in [3.8, 4) is 56.3 Å². The Balaban J connectivity index is 1.03. The second kappa shape index (κ2) is 13.0. The van der Waals surface area contributed by atoms with Crippen LogP contribution in [0.15, 0.2) is 163 Å². The lowest BCUT2D eigenvalue weighted by atomic mass is 9.94. The monoisotopic (exact) mass is 655 g/mol. The van der Waals surface area contributed by atoms with Crippen molar-refractivity contribution in [2.24, 2.45) is 4.99 Å². The highest BCUT2D eigenvalue weighted by molar-refractivity contribution is 6.06. The molecule has 0 saturated carbocycles. The van der Waals surface area contributed by atoms with E-state index in [0.29, 0.717) is 5.82 Å². The van der Waals surface area contributed by atoms with Crippen LogP contribution >= 0.6 is 0 Å². The SMILES string of the molecule is Cc1cc(-c2ccc(-c3ccc(-c4cc(-c5ccncc5)nc(-c5ccccc5)n4)cc3)cc2)nc2c3c(ccc12)CCC(c1ccccc1)=N3. The summed E-state index contributed by atoms with van der Waals surface area (Å²) in [5, 5.41) is 1.15. The number of rotatable bonds is 6. The maximum absolute atomic E-state index is 5.23. The maximum atomic E-state index is 5.23. The van der Waals surface area contributed by atoms with Gasteiger partial charge in [0.1, 0.15) is 0 Å². The Hall–Kier alpha value is -6.59. The van der Waals surface area contributed by atoms with Crippen molar-refractivity contribution in [3.05, 3.63) is 175 Å². The van der Waals surface area contributed by atoms with Crippen LogP contribution in [0, 0.1) is 6.92 Å². The molecule has 5 nitrogen and oxygen atoms in total. The Kier molecular flexibility index (Phi) is 7.78. The Morgan fingerprint density at radius 2 is 1.00 bits per heavy atom. The molecule has 0 atom stereocenters. The number of aryl methyl sites for hydroxylation is 2. The first-order valence-electron chi connectivity index (χ1n) is 17.3. The zero-order chi connectivity index (χ0) is 34.1. The van der Waals surface area contributed by atoms with E-state index in [0.717, 1.165) is 85.6 Å². The minimum atomic E-state index is 0.695. The Morgan fingerprint density at radius 3 is 1.63 bits per heavy atom. The largest absolute Gasteiger partial charge is 0.265 e. The van der Waals surface area contributed by atoms with Crippen molar-refractivity contribution < 1.29 is 0 Å². The summed E-state index contributed by atoms with van der Waals surface area (Å²) in [6.45, 7) is 2.17. The molecule has 0 radical (unpaired) electrons. The smallest absolute Gasteiger partial charge is 0.160 e. The molecular weight excluding hydrogens is 623 g/mol. The van der Waals surface area contributed by atoms with Gasteiger partial charge in [-0.3, -0.25) is 9.98 Å². The summed E-state index contributed by atoms with van der Waals surface area (Å²) in [5.74, 6) is 0.695. The highest BCUT2D eigenvalue weighted by Gasteiger charge is 2.19. The molecule has 0 saturated heterocycles. The lowest BCUT2D eigenvalue weighted by Crippen LogP contribution is -2.08. The molecule has 1 aliphatic heterocycles. The van der Waals surface area contributed by atoms with Gasteiger partial charge in [-0.15, -0.1) is 0 Å². The minimum Gasteiger partial charge on any atom is -0.265 e. The first-order valence-corrected chi connectivity index (χ1v) is 17.3. The first kappa shape index (κ1) is 30.5. The molecule has 5 aromatic carbocycles. The number of benzene rings is 5. The third-order valence-electron chi connectivity index (χ3n) is 9.66. The normalized spacial score (nSPS) is 12.4. The second-order valence-electron chi connectivity index (χ2n) is 12.9. The predicted molar refractivity (Wildman–Crippen MR) is 208 cm³/mol. The van der Waals surface area contributed by atoms with Gasteiger partial charge in [0.15, 0.2) is 5.82 Å². The molecule has 0 fully saturated rings. The third kappa shape index (κ3) is 6.00. The molecule has 8 aromatic rings. The van der Waals surface area contributed by atoms with E-state index < -0.39 is 0 Å². The fourth-order valence-corrected chi connectivity index (χ4v) is 6.89. The third-order valence-corrected chi connectivity index (χ3v) is 9.66. The fraction of sp³-hybridized carbons (Fsp3) is 0.0652. The lowest BCUT2D eigenvalue weighted by Gasteiger charge is -2.18. The van der Waals surface area contributed by atoms with Crippen LogP contribution in [0.5, 0.6) is 0 Å². The molecule has 51 heavy (non-hydrogen) atoms. The molecule has 5 heteroatoms. The average Bonchev–Trinajstić information content (AvgIpc) is 3.21. The zero-order valence-electron chi connectivity index (χ0n) is 28.2. The van der Waals surface area contributed by atoms with Crippen LogP contribution in [-0.4, -0.2) is 25.6 Å². The molecule has 9 rings (SSSR count). The number of fused-ring (bicyclic) bond motifs is 3. The summed E-state index contributed by atoms with van der Waals surface area (Å²) in [7, 11) is 0. The second-order valence-corrected chi connectivity index (χ2v) is 12.9. The highest BCUT2D eigenvalue weighted by atomic mass is 14.9. The van der Waals surface area contributed by atoms with E-state index in [1.54, 1.807) is 12.4 Å². The van der Waals surface area contributed by atoms with E-state index in [1.807, 2.05) is 42.5 Å². The van der Waals surface area contributed by atoms with Gasteiger partial charge in [-0.25, -0.2) is 15.0 Å². The molecule has 0 unspecified atom stereocenters. The molecule has 3 aromatic heterocycles. The number of aromatic nitrogens is 4. The molecule has 0 aliphatic carbocycles. The van der Waals surface area contributed by atoms with E-state index in [2.05, 4.69) is 115 Å². The van der Waals surface area contributed by atoms with Crippen LogP contribution < -0.4 is 0 Å². The number of pyridine rings is 2. The van der Waals surface area contributed by atoms with Gasteiger partial charge in [-0.2, -0.15) is 0 Å². The summed E-state index contributed by atoms with van der Waals surface area (Å²) >= 11 is 0. The minimum absolute atomic E-state index is 0.695. The Morgan fingerprint density at radius 1 is 0.451 bits per heavy atom. The van der Waals surface area contributed by atoms with Gasteiger partial charge in [0, 0.05) is 45.7 Å². The number of aliphatic imine (C=N–C) groups is 1. The van der Waals surface area contributed by atoms with E-state index >= 15 is 0 Å². The van der Waals surface area contributed by atoms with Crippen LogP contribution in [0.1, 0.15) is 23.1 Å². The summed E-state index contributed by atoms with van der Waals surface area (Å²) in [6, 6.07) is 50.5. The molecule has 0 spiro atoms. The standard InChI is InChI=1S/C46H33N5/c1-30-28-41(49-45-39(30)22-20-37-21-23-40(48-44(37)45)33-8-4-2-5-9-33)34-16-12-31(13-17-34)32-14-18-35(19-15-32)42-29-43(36-24-26-47-27-25-36)51-46(50-42)38-10-6-3-7-11-38/h2-20,22,24-29H,21,23H2,1H3. The molecule has 0 amide bonds. The quantitative estimate of drug-likeness (QED) is 0.179. The molecule has 1 aliphatic rings. The number of hydrogen-bond donors (Lipinski definition) is 0. The van der Waals surface area contributed by atoms with Gasteiger partial charge < -0.3 is 0 Å². The zero-order valence-corrected chi connectivity index (χ0v) is 28.2. The molecular formula is C46H33N5. The average molecular weight is 656 g/mol. The van der Waals surface area contributed by atoms with Gasteiger partial charge in [0.2, 0.25) is 0 Å². The fourth-order valence-electron chi connectivity index (χ4n) is 6.89. The first-order chi connectivity index (χ1) is 25.2. The van der Waals surface area contributed by atoms with Gasteiger partial charge >= 0.3 is 0 Å². The predicted octanol–water partition coefficient (Wildman–Crippen LogP) is 11.1. The van der Waals surface area contributed by atoms with Crippen molar-refractivity contribution in [1.82, 2.24) is 19.9 Å². The number of nitrogens with zero attached hydrogens (tertiary/aromatic N) is 5. The van der Waals surface area contributed by atoms with Crippen LogP contribution in [0.25, 0.3) is 67.2 Å². The van der Waals surface area contributed by atoms with Crippen molar-refractivity contribution in [3.63, 3.8) is 0 Å². The van der Waals surface area contributed by atoms with Gasteiger partial charge in [-0.1, -0.05) is 121 Å². The van der Waals surface area contributed by atoms with Crippen LogP contribution in [0.4, 0.5) is 5.69 Å².